The van der Waals surface area contributed by atoms with Crippen molar-refractivity contribution in [3.8, 4) is 0 Å². The summed E-state index contributed by atoms with van der Waals surface area (Å²) in [5, 5.41) is 5.43. The van der Waals surface area contributed by atoms with Crippen LogP contribution < -0.4 is 21.3 Å². The van der Waals surface area contributed by atoms with Crippen molar-refractivity contribution in [1.82, 2.24) is 15.3 Å². The molecule has 1 saturated heterocycles. The van der Waals surface area contributed by atoms with E-state index in [1.54, 1.807) is 24.4 Å². The lowest BCUT2D eigenvalue weighted by Gasteiger charge is -2.33. The Morgan fingerprint density at radius 3 is 2.90 bits per heavy atom. The summed E-state index contributed by atoms with van der Waals surface area (Å²) in [6.07, 6.45) is 8.88. The number of piperidine rings is 1. The van der Waals surface area contributed by atoms with Gasteiger partial charge in [-0.1, -0.05) is 0 Å². The summed E-state index contributed by atoms with van der Waals surface area (Å²) in [7, 11) is 0. The SMILES string of the molecule is CCNC(=O)Nc1cc(CC2CCN(c3ccc(N=C/C=C\N)nc3F)CC2)ccn1.[HH].[HH]. The van der Waals surface area contributed by atoms with Gasteiger partial charge in [-0.2, -0.15) is 9.37 Å². The van der Waals surface area contributed by atoms with E-state index in [-0.39, 0.29) is 8.88 Å². The van der Waals surface area contributed by atoms with E-state index in [2.05, 4.69) is 25.6 Å². The number of aliphatic imine (C=N–C) groups is 1. The molecule has 0 aliphatic carbocycles. The van der Waals surface area contributed by atoms with Gasteiger partial charge in [0.2, 0.25) is 5.95 Å². The van der Waals surface area contributed by atoms with Crippen LogP contribution in [0.3, 0.4) is 0 Å². The maximum Gasteiger partial charge on any atom is 0.320 e. The zero-order valence-corrected chi connectivity index (χ0v) is 17.6. The van der Waals surface area contributed by atoms with Crippen LogP contribution in [0.2, 0.25) is 0 Å². The summed E-state index contributed by atoms with van der Waals surface area (Å²) >= 11 is 0. The fourth-order valence-electron chi connectivity index (χ4n) is 3.60. The number of carbonyl (C=O) groups excluding carboxylic acids is 1. The standard InChI is InChI=1S/C22H28FN7O.2H2/c1-2-25-22(31)29-20-15-17(6-11-27-20)14-16-7-12-30(13-8-16)18-4-5-19(28-21(18)23)26-10-3-9-24;;/h3-6,9-11,15-16H,2,7-8,12-14,24H2,1H3,(H2,25,27,29,31);2*1H/b9-3-,26-10?;;. The number of nitrogens with one attached hydrogen (secondary N) is 2. The molecule has 3 rings (SSSR count). The van der Waals surface area contributed by atoms with Crippen LogP contribution in [0.1, 0.15) is 28.2 Å². The van der Waals surface area contributed by atoms with Crippen molar-refractivity contribution in [2.45, 2.75) is 26.2 Å². The number of halogens is 1. The second-order valence-corrected chi connectivity index (χ2v) is 7.31. The smallest absolute Gasteiger partial charge is 0.320 e. The first-order chi connectivity index (χ1) is 15.1. The van der Waals surface area contributed by atoms with E-state index in [4.69, 9.17) is 5.73 Å². The number of nitrogens with two attached hydrogens (primary N) is 1. The van der Waals surface area contributed by atoms with Gasteiger partial charge >= 0.3 is 6.03 Å². The van der Waals surface area contributed by atoms with Gasteiger partial charge in [-0.3, -0.25) is 5.32 Å². The summed E-state index contributed by atoms with van der Waals surface area (Å²) in [5.41, 5.74) is 6.88. The van der Waals surface area contributed by atoms with Gasteiger partial charge in [-0.25, -0.2) is 14.8 Å². The molecule has 0 unspecified atom stereocenters. The van der Waals surface area contributed by atoms with Crippen LogP contribution in [0.25, 0.3) is 0 Å². The first-order valence-electron chi connectivity index (χ1n) is 10.4. The fraction of sp³-hybridized carbons (Fsp3) is 0.364. The third kappa shape index (κ3) is 6.50. The van der Waals surface area contributed by atoms with Crippen molar-refractivity contribution in [1.29, 1.82) is 0 Å². The van der Waals surface area contributed by atoms with Crippen molar-refractivity contribution in [2.24, 2.45) is 16.6 Å². The number of hydrogen-bond acceptors (Lipinski definition) is 6. The highest BCUT2D eigenvalue weighted by molar-refractivity contribution is 5.88. The van der Waals surface area contributed by atoms with Crippen LogP contribution in [0.15, 0.2) is 47.7 Å². The minimum atomic E-state index is -0.514. The molecule has 1 aliphatic heterocycles. The molecule has 0 atom stereocenters. The van der Waals surface area contributed by atoms with E-state index in [1.165, 1.54) is 12.4 Å². The maximum atomic E-state index is 14.5. The molecular formula is C22H32FN7O. The molecule has 2 aromatic rings. The molecule has 3 heterocycles. The lowest BCUT2D eigenvalue weighted by molar-refractivity contribution is 0.252. The molecule has 9 heteroatoms. The summed E-state index contributed by atoms with van der Waals surface area (Å²) in [4.78, 5) is 25.9. The zero-order valence-electron chi connectivity index (χ0n) is 17.6. The summed E-state index contributed by atoms with van der Waals surface area (Å²) < 4.78 is 14.5. The van der Waals surface area contributed by atoms with Gasteiger partial charge in [0, 0.05) is 34.9 Å². The molecule has 4 N–H and O–H groups in total. The predicted octanol–water partition coefficient (Wildman–Crippen LogP) is 3.88. The fourth-order valence-corrected chi connectivity index (χ4v) is 3.60. The van der Waals surface area contributed by atoms with Crippen LogP contribution >= 0.6 is 0 Å². The molecule has 168 valence electrons. The molecule has 31 heavy (non-hydrogen) atoms. The molecule has 0 radical (unpaired) electrons. The first kappa shape index (κ1) is 22.2. The second-order valence-electron chi connectivity index (χ2n) is 7.31. The molecule has 0 spiro atoms. The molecular weight excluding hydrogens is 397 g/mol. The highest BCUT2D eigenvalue weighted by atomic mass is 19.1. The lowest BCUT2D eigenvalue weighted by atomic mass is 9.90. The van der Waals surface area contributed by atoms with E-state index >= 15 is 0 Å². The Labute approximate surface area is 184 Å². The minimum absolute atomic E-state index is 0. The van der Waals surface area contributed by atoms with E-state index < -0.39 is 5.95 Å². The number of anilines is 2. The number of urea groups is 1. The Morgan fingerprint density at radius 2 is 2.19 bits per heavy atom. The van der Waals surface area contributed by atoms with Crippen LogP contribution in [-0.4, -0.2) is 41.8 Å². The van der Waals surface area contributed by atoms with Gasteiger partial charge in [0.15, 0.2) is 5.82 Å². The van der Waals surface area contributed by atoms with Crippen molar-refractivity contribution in [3.05, 3.63) is 54.2 Å². The molecule has 1 fully saturated rings. The highest BCUT2D eigenvalue weighted by Gasteiger charge is 2.22. The molecule has 0 saturated carbocycles. The van der Waals surface area contributed by atoms with Crippen LogP contribution in [0.4, 0.5) is 26.5 Å². The quantitative estimate of drug-likeness (QED) is 0.457. The molecule has 2 aromatic heterocycles. The number of rotatable bonds is 7. The Morgan fingerprint density at radius 1 is 1.39 bits per heavy atom. The maximum absolute atomic E-state index is 14.5. The number of nitrogens with zero attached hydrogens (tertiary/aromatic N) is 4. The Kier molecular flexibility index (Phi) is 7.91. The van der Waals surface area contributed by atoms with Gasteiger partial charge in [-0.15, -0.1) is 0 Å². The third-order valence-electron chi connectivity index (χ3n) is 5.10. The number of pyridine rings is 2. The van der Waals surface area contributed by atoms with E-state index in [0.29, 0.717) is 29.8 Å². The average Bonchev–Trinajstić information content (AvgIpc) is 2.75. The summed E-state index contributed by atoms with van der Waals surface area (Å²) in [5.74, 6) is 0.821. The predicted molar refractivity (Wildman–Crippen MR) is 125 cm³/mol. The number of amides is 2. The number of carbonyl (C=O) groups is 1. The molecule has 0 aromatic carbocycles. The van der Waals surface area contributed by atoms with E-state index in [9.17, 15) is 9.18 Å². The van der Waals surface area contributed by atoms with Crippen LogP contribution in [-0.2, 0) is 6.42 Å². The number of aromatic nitrogens is 2. The van der Waals surface area contributed by atoms with Gasteiger partial charge in [0.25, 0.3) is 0 Å². The summed E-state index contributed by atoms with van der Waals surface area (Å²) in [6, 6.07) is 7.04. The normalized spacial score (nSPS) is 15.0. The molecule has 0 bridgehead atoms. The topological polar surface area (TPSA) is 109 Å². The van der Waals surface area contributed by atoms with E-state index in [0.717, 1.165) is 37.9 Å². The highest BCUT2D eigenvalue weighted by Crippen LogP contribution is 2.28. The third-order valence-corrected chi connectivity index (χ3v) is 5.10. The van der Waals surface area contributed by atoms with Gasteiger partial charge < -0.3 is 16.0 Å². The molecule has 1 aliphatic rings. The van der Waals surface area contributed by atoms with Crippen molar-refractivity contribution < 1.29 is 12.0 Å². The number of allylic oxidation sites excluding steroid dienone is 1. The Hall–Kier alpha value is -3.49. The second kappa shape index (κ2) is 11.1. The van der Waals surface area contributed by atoms with Crippen molar-refractivity contribution >= 4 is 29.6 Å². The van der Waals surface area contributed by atoms with Crippen LogP contribution in [0.5, 0.6) is 0 Å². The minimum Gasteiger partial charge on any atom is -0.405 e. The van der Waals surface area contributed by atoms with Gasteiger partial charge in [0.1, 0.15) is 5.82 Å². The average molecular weight is 430 g/mol. The Balaban J connectivity index is 0.00000272. The lowest BCUT2D eigenvalue weighted by Crippen LogP contribution is -2.35. The Bertz CT molecular complexity index is 950. The van der Waals surface area contributed by atoms with Gasteiger partial charge in [0.05, 0.1) is 5.69 Å². The largest absolute Gasteiger partial charge is 0.405 e. The summed E-state index contributed by atoms with van der Waals surface area (Å²) in [6.45, 7) is 3.94. The van der Waals surface area contributed by atoms with Crippen molar-refractivity contribution in [3.63, 3.8) is 0 Å². The zero-order chi connectivity index (χ0) is 22.1. The number of hydrogen-bond donors (Lipinski definition) is 3. The van der Waals surface area contributed by atoms with Crippen LogP contribution in [0, 0.1) is 11.9 Å². The van der Waals surface area contributed by atoms with Crippen molar-refractivity contribution in [2.75, 3.05) is 29.9 Å². The molecule has 2 amide bonds. The molecule has 8 nitrogen and oxygen atoms in total. The first-order valence-corrected chi connectivity index (χ1v) is 10.4. The van der Waals surface area contributed by atoms with E-state index in [1.807, 2.05) is 24.0 Å². The monoisotopic (exact) mass is 429 g/mol. The van der Waals surface area contributed by atoms with Gasteiger partial charge in [-0.05, 0) is 74.2 Å².